The van der Waals surface area contributed by atoms with Crippen LogP contribution in [-0.2, 0) is 14.9 Å². The molecule has 136 valence electrons. The van der Waals surface area contributed by atoms with Crippen molar-refractivity contribution in [2.45, 2.75) is 37.2 Å². The monoisotopic (exact) mass is 369 g/mol. The van der Waals surface area contributed by atoms with Gasteiger partial charge in [0, 0.05) is 17.4 Å². The highest BCUT2D eigenvalue weighted by molar-refractivity contribution is 7.10. The number of furan rings is 1. The molecule has 1 aliphatic carbocycles. The predicted molar refractivity (Wildman–Crippen MR) is 103 cm³/mol. The Morgan fingerprint density at radius 1 is 1.27 bits per heavy atom. The second kappa shape index (κ2) is 7.25. The van der Waals surface area contributed by atoms with Gasteiger partial charge >= 0.3 is 0 Å². The van der Waals surface area contributed by atoms with Gasteiger partial charge in [0.15, 0.2) is 0 Å². The van der Waals surface area contributed by atoms with Crippen molar-refractivity contribution in [2.75, 3.05) is 13.7 Å². The molecule has 1 amide bonds. The molecule has 1 fully saturated rings. The third-order valence-electron chi connectivity index (χ3n) is 5.38. The van der Waals surface area contributed by atoms with Gasteiger partial charge in [0.1, 0.15) is 17.4 Å². The first-order chi connectivity index (χ1) is 12.7. The number of rotatable bonds is 6. The van der Waals surface area contributed by atoms with E-state index in [4.69, 9.17) is 9.15 Å². The molecule has 1 N–H and O–H groups in total. The normalized spacial score (nSPS) is 17.4. The number of hydrogen-bond donors (Lipinski definition) is 1. The minimum absolute atomic E-state index is 0.107. The zero-order valence-electron chi connectivity index (χ0n) is 14.9. The summed E-state index contributed by atoms with van der Waals surface area (Å²) in [5.74, 6) is 0.848. The van der Waals surface area contributed by atoms with E-state index in [0.717, 1.165) is 42.4 Å². The Hall–Kier alpha value is -2.11. The summed E-state index contributed by atoms with van der Waals surface area (Å²) in [7, 11) is 1.65. The van der Waals surface area contributed by atoms with E-state index >= 15 is 0 Å². The Morgan fingerprint density at radius 2 is 2.08 bits per heavy atom. The van der Waals surface area contributed by atoms with Crippen molar-refractivity contribution >= 4 is 28.2 Å². The lowest BCUT2D eigenvalue weighted by Gasteiger charge is -2.27. The number of nitrogens with one attached hydrogen (secondary N) is 1. The molecule has 4 rings (SSSR count). The summed E-state index contributed by atoms with van der Waals surface area (Å²) in [6, 6.07) is 14.0. The molecule has 26 heavy (non-hydrogen) atoms. The molecule has 0 unspecified atom stereocenters. The Bertz CT molecular complexity index is 845. The lowest BCUT2D eigenvalue weighted by Crippen LogP contribution is -2.43. The van der Waals surface area contributed by atoms with Crippen LogP contribution in [0.25, 0.3) is 11.0 Å². The van der Waals surface area contributed by atoms with Crippen molar-refractivity contribution in [3.05, 3.63) is 58.5 Å². The number of hydrogen-bond acceptors (Lipinski definition) is 4. The van der Waals surface area contributed by atoms with E-state index in [2.05, 4.69) is 16.8 Å². The van der Waals surface area contributed by atoms with Crippen LogP contribution >= 0.6 is 11.3 Å². The van der Waals surface area contributed by atoms with E-state index in [1.165, 1.54) is 4.88 Å². The Morgan fingerprint density at radius 3 is 2.77 bits per heavy atom. The molecule has 2 heterocycles. The van der Waals surface area contributed by atoms with Gasteiger partial charge in [0.05, 0.1) is 12.0 Å². The number of thiophene rings is 1. The van der Waals surface area contributed by atoms with E-state index in [9.17, 15) is 4.79 Å². The van der Waals surface area contributed by atoms with Crippen LogP contribution in [0.1, 0.15) is 42.4 Å². The topological polar surface area (TPSA) is 51.5 Å². The van der Waals surface area contributed by atoms with Crippen molar-refractivity contribution in [2.24, 2.45) is 0 Å². The van der Waals surface area contributed by atoms with Crippen LogP contribution in [0.3, 0.4) is 0 Å². The van der Waals surface area contributed by atoms with Gasteiger partial charge in [-0.2, -0.15) is 0 Å². The van der Waals surface area contributed by atoms with Gasteiger partial charge in [-0.25, -0.2) is 0 Å². The van der Waals surface area contributed by atoms with Crippen LogP contribution in [0.15, 0.2) is 52.3 Å². The molecule has 5 heteroatoms. The number of methoxy groups -OCH3 is 1. The lowest BCUT2D eigenvalue weighted by molar-refractivity contribution is -0.127. The lowest BCUT2D eigenvalue weighted by atomic mass is 9.83. The molecular weight excluding hydrogens is 346 g/mol. The number of carbonyl (C=O) groups is 1. The van der Waals surface area contributed by atoms with Crippen LogP contribution in [-0.4, -0.2) is 19.6 Å². The smallest absolute Gasteiger partial charge is 0.231 e. The fourth-order valence-corrected chi connectivity index (χ4v) is 4.91. The summed E-state index contributed by atoms with van der Waals surface area (Å²) in [5, 5.41) is 6.22. The number of fused-ring (bicyclic) bond motifs is 1. The Balaban J connectivity index is 1.50. The fraction of sp³-hybridized carbons (Fsp3) is 0.381. The summed E-state index contributed by atoms with van der Waals surface area (Å²) in [6.45, 7) is 0.405. The van der Waals surface area contributed by atoms with Crippen LogP contribution in [0.4, 0.5) is 0 Å². The van der Waals surface area contributed by atoms with E-state index in [1.807, 2.05) is 36.4 Å². The number of carbonyl (C=O) groups excluding carboxylic acids is 1. The summed E-state index contributed by atoms with van der Waals surface area (Å²) >= 11 is 1.68. The summed E-state index contributed by atoms with van der Waals surface area (Å²) in [5.41, 5.74) is 0.460. The molecule has 0 aliphatic heterocycles. The second-order valence-electron chi connectivity index (χ2n) is 6.89. The van der Waals surface area contributed by atoms with Crippen molar-refractivity contribution in [3.8, 4) is 0 Å². The maximum atomic E-state index is 13.1. The standard InChI is InChI=1S/C21H23NO3S/c1-24-18(17-13-15-7-2-3-8-16(15)25-17)14-22-20(23)21(10-4-5-11-21)19-9-6-12-26-19/h2-3,6-9,12-13,18H,4-5,10-11,14H2,1H3,(H,22,23)/t18-/m0/s1. The van der Waals surface area contributed by atoms with E-state index < -0.39 is 0 Å². The van der Waals surface area contributed by atoms with E-state index in [-0.39, 0.29) is 17.4 Å². The Kier molecular flexibility index (Phi) is 4.83. The summed E-state index contributed by atoms with van der Waals surface area (Å²) in [6.07, 6.45) is 3.74. The maximum absolute atomic E-state index is 13.1. The highest BCUT2D eigenvalue weighted by Crippen LogP contribution is 2.43. The first-order valence-electron chi connectivity index (χ1n) is 9.06. The fourth-order valence-electron chi connectivity index (χ4n) is 3.93. The molecule has 1 aliphatic rings. The number of para-hydroxylation sites is 1. The zero-order valence-corrected chi connectivity index (χ0v) is 15.7. The van der Waals surface area contributed by atoms with Gasteiger partial charge in [-0.1, -0.05) is 37.1 Å². The number of benzene rings is 1. The van der Waals surface area contributed by atoms with Gasteiger partial charge < -0.3 is 14.5 Å². The van der Waals surface area contributed by atoms with Crippen molar-refractivity contribution < 1.29 is 13.9 Å². The third kappa shape index (κ3) is 3.06. The van der Waals surface area contributed by atoms with Crippen LogP contribution < -0.4 is 5.32 Å². The highest BCUT2D eigenvalue weighted by Gasteiger charge is 2.43. The molecule has 4 nitrogen and oxygen atoms in total. The minimum Gasteiger partial charge on any atom is -0.458 e. The average Bonchev–Trinajstić information content (AvgIpc) is 3.41. The van der Waals surface area contributed by atoms with Crippen molar-refractivity contribution in [1.29, 1.82) is 0 Å². The third-order valence-corrected chi connectivity index (χ3v) is 6.45. The van der Waals surface area contributed by atoms with Gasteiger partial charge in [-0.15, -0.1) is 11.3 Å². The van der Waals surface area contributed by atoms with Gasteiger partial charge in [-0.05, 0) is 36.4 Å². The van der Waals surface area contributed by atoms with Crippen LogP contribution in [0.2, 0.25) is 0 Å². The molecule has 1 atom stereocenters. The van der Waals surface area contributed by atoms with Crippen molar-refractivity contribution in [3.63, 3.8) is 0 Å². The molecule has 0 spiro atoms. The zero-order chi connectivity index (χ0) is 18.0. The largest absolute Gasteiger partial charge is 0.458 e. The first kappa shape index (κ1) is 17.3. The molecular formula is C21H23NO3S. The quantitative estimate of drug-likeness (QED) is 0.678. The first-order valence-corrected chi connectivity index (χ1v) is 9.94. The van der Waals surface area contributed by atoms with E-state index in [0.29, 0.717) is 6.54 Å². The molecule has 3 aromatic rings. The molecule has 0 bridgehead atoms. The molecule has 0 saturated heterocycles. The van der Waals surface area contributed by atoms with Gasteiger partial charge in [0.2, 0.25) is 5.91 Å². The van der Waals surface area contributed by atoms with E-state index in [1.54, 1.807) is 18.4 Å². The molecule has 0 radical (unpaired) electrons. The Labute approximate surface area is 157 Å². The highest BCUT2D eigenvalue weighted by atomic mass is 32.1. The van der Waals surface area contributed by atoms with Crippen LogP contribution in [0.5, 0.6) is 0 Å². The SMILES string of the molecule is CO[C@@H](CNC(=O)C1(c2cccs2)CCCC1)c1cc2ccccc2o1. The maximum Gasteiger partial charge on any atom is 0.231 e. The summed E-state index contributed by atoms with van der Waals surface area (Å²) < 4.78 is 11.5. The van der Waals surface area contributed by atoms with Gasteiger partial charge in [0.25, 0.3) is 0 Å². The van der Waals surface area contributed by atoms with Crippen LogP contribution in [0, 0.1) is 0 Å². The molecule has 1 saturated carbocycles. The number of amides is 1. The number of ether oxygens (including phenoxy) is 1. The van der Waals surface area contributed by atoms with Crippen molar-refractivity contribution in [1.82, 2.24) is 5.32 Å². The van der Waals surface area contributed by atoms with Gasteiger partial charge in [-0.3, -0.25) is 4.79 Å². The molecule has 1 aromatic carbocycles. The second-order valence-corrected chi connectivity index (χ2v) is 7.84. The molecule has 2 aromatic heterocycles. The summed E-state index contributed by atoms with van der Waals surface area (Å²) in [4.78, 5) is 14.3. The average molecular weight is 369 g/mol. The predicted octanol–water partition coefficient (Wildman–Crippen LogP) is 4.81. The minimum atomic E-state index is -0.375.